The number of nitrogens with one attached hydrogen (secondary N) is 2. The molecule has 0 bridgehead atoms. The summed E-state index contributed by atoms with van der Waals surface area (Å²) >= 11 is 1.21. The van der Waals surface area contributed by atoms with E-state index in [1.54, 1.807) is 0 Å². The Hall–Kier alpha value is -2.34. The van der Waals surface area contributed by atoms with Gasteiger partial charge in [0.25, 0.3) is 5.56 Å². The molecule has 0 aliphatic rings. The van der Waals surface area contributed by atoms with E-state index in [9.17, 15) is 14.4 Å². The van der Waals surface area contributed by atoms with Crippen LogP contribution in [0.3, 0.4) is 0 Å². The number of carbonyl (C=O) groups excluding carboxylic acids is 1. The van der Waals surface area contributed by atoms with Crippen molar-refractivity contribution in [2.24, 2.45) is 0 Å². The van der Waals surface area contributed by atoms with E-state index in [0.29, 0.717) is 23.0 Å². The Balaban J connectivity index is 2.55. The lowest BCUT2D eigenvalue weighted by Gasteiger charge is -2.06. The van der Waals surface area contributed by atoms with Gasteiger partial charge in [-0.25, -0.2) is 4.98 Å². The Morgan fingerprint density at radius 2 is 2.17 bits per heavy atom. The second-order valence-corrected chi connectivity index (χ2v) is 5.73. The van der Waals surface area contributed by atoms with Crippen LogP contribution in [0.25, 0.3) is 0 Å². The van der Waals surface area contributed by atoms with Gasteiger partial charge in [0.2, 0.25) is 5.91 Å². The quantitative estimate of drug-likeness (QED) is 0.444. The third-order valence-corrected chi connectivity index (χ3v) is 3.68. The van der Waals surface area contributed by atoms with Crippen LogP contribution >= 0.6 is 11.8 Å². The zero-order chi connectivity index (χ0) is 17.2. The molecule has 0 spiro atoms. The Morgan fingerprint density at radius 3 is 2.78 bits per heavy atom. The SMILES string of the molecule is CCCc1nc(SCCC(=O)NCCC(=O)O)[nH]c(=O)c1C#N. The predicted octanol–water partition coefficient (Wildman–Crippen LogP) is 0.667. The molecule has 3 N–H and O–H groups in total. The van der Waals surface area contributed by atoms with Crippen LogP contribution in [-0.4, -0.2) is 39.2 Å². The molecule has 124 valence electrons. The number of aryl methyl sites for hydroxylation is 1. The molecule has 0 atom stereocenters. The molecule has 0 fully saturated rings. The van der Waals surface area contributed by atoms with Crippen LogP contribution in [0.15, 0.2) is 9.95 Å². The first-order chi connectivity index (χ1) is 11.0. The summed E-state index contributed by atoms with van der Waals surface area (Å²) in [5.41, 5.74) is 0.0223. The number of carbonyl (C=O) groups is 2. The molecule has 23 heavy (non-hydrogen) atoms. The first kappa shape index (κ1) is 18.7. The zero-order valence-corrected chi connectivity index (χ0v) is 13.5. The van der Waals surface area contributed by atoms with Crippen LogP contribution in [0.1, 0.15) is 37.4 Å². The van der Waals surface area contributed by atoms with Gasteiger partial charge in [-0.2, -0.15) is 5.26 Å². The molecule has 0 aromatic carbocycles. The number of aliphatic carboxylic acids is 1. The van der Waals surface area contributed by atoms with Crippen molar-refractivity contribution in [3.05, 3.63) is 21.6 Å². The summed E-state index contributed by atoms with van der Waals surface area (Å²) < 4.78 is 0. The van der Waals surface area contributed by atoms with Crippen molar-refractivity contribution in [2.75, 3.05) is 12.3 Å². The van der Waals surface area contributed by atoms with Gasteiger partial charge in [-0.3, -0.25) is 14.4 Å². The largest absolute Gasteiger partial charge is 0.481 e. The Morgan fingerprint density at radius 1 is 1.43 bits per heavy atom. The molecule has 1 aromatic rings. The van der Waals surface area contributed by atoms with E-state index >= 15 is 0 Å². The topological polar surface area (TPSA) is 136 Å². The molecule has 8 nitrogen and oxygen atoms in total. The summed E-state index contributed by atoms with van der Waals surface area (Å²) in [5.74, 6) is -0.842. The summed E-state index contributed by atoms with van der Waals surface area (Å²) in [6.45, 7) is 2.02. The number of aromatic amines is 1. The summed E-state index contributed by atoms with van der Waals surface area (Å²) in [5, 5.41) is 20.3. The third-order valence-electron chi connectivity index (χ3n) is 2.80. The Kier molecular flexibility index (Phi) is 7.83. The van der Waals surface area contributed by atoms with Crippen molar-refractivity contribution in [3.63, 3.8) is 0 Å². The normalized spacial score (nSPS) is 10.1. The van der Waals surface area contributed by atoms with Gasteiger partial charge < -0.3 is 15.4 Å². The maximum absolute atomic E-state index is 11.8. The second kappa shape index (κ2) is 9.63. The van der Waals surface area contributed by atoms with Crippen molar-refractivity contribution in [1.82, 2.24) is 15.3 Å². The van der Waals surface area contributed by atoms with Crippen molar-refractivity contribution in [2.45, 2.75) is 37.8 Å². The first-order valence-electron chi connectivity index (χ1n) is 7.12. The Bertz CT molecular complexity index is 666. The lowest BCUT2D eigenvalue weighted by molar-refractivity contribution is -0.136. The Labute approximate surface area is 137 Å². The predicted molar refractivity (Wildman–Crippen MR) is 84.2 cm³/mol. The zero-order valence-electron chi connectivity index (χ0n) is 12.7. The first-order valence-corrected chi connectivity index (χ1v) is 8.11. The number of aromatic nitrogens is 2. The fourth-order valence-electron chi connectivity index (χ4n) is 1.74. The van der Waals surface area contributed by atoms with Gasteiger partial charge in [0.05, 0.1) is 12.1 Å². The molecule has 1 rings (SSSR count). The number of carboxylic acids is 1. The molecular weight excluding hydrogens is 320 g/mol. The van der Waals surface area contributed by atoms with E-state index in [1.807, 2.05) is 13.0 Å². The van der Waals surface area contributed by atoms with E-state index in [2.05, 4.69) is 15.3 Å². The number of nitriles is 1. The van der Waals surface area contributed by atoms with E-state index < -0.39 is 11.5 Å². The molecule has 0 saturated heterocycles. The van der Waals surface area contributed by atoms with Gasteiger partial charge in [0.1, 0.15) is 11.6 Å². The highest BCUT2D eigenvalue weighted by molar-refractivity contribution is 7.99. The summed E-state index contributed by atoms with van der Waals surface area (Å²) in [7, 11) is 0. The molecule has 0 unspecified atom stereocenters. The number of thioether (sulfide) groups is 1. The highest BCUT2D eigenvalue weighted by atomic mass is 32.2. The van der Waals surface area contributed by atoms with Crippen molar-refractivity contribution >= 4 is 23.6 Å². The van der Waals surface area contributed by atoms with Gasteiger partial charge >= 0.3 is 5.97 Å². The van der Waals surface area contributed by atoms with Crippen LogP contribution < -0.4 is 10.9 Å². The van der Waals surface area contributed by atoms with Gasteiger partial charge in [-0.05, 0) is 6.42 Å². The average Bonchev–Trinajstić information content (AvgIpc) is 2.47. The number of hydrogen-bond donors (Lipinski definition) is 3. The fraction of sp³-hybridized carbons (Fsp3) is 0.500. The molecule has 0 aliphatic carbocycles. The molecule has 0 radical (unpaired) electrons. The molecule has 0 aliphatic heterocycles. The number of amides is 1. The van der Waals surface area contributed by atoms with E-state index in [4.69, 9.17) is 10.4 Å². The number of nitrogens with zero attached hydrogens (tertiary/aromatic N) is 2. The minimum absolute atomic E-state index is 0.0302. The average molecular weight is 338 g/mol. The summed E-state index contributed by atoms with van der Waals surface area (Å²) in [6.07, 6.45) is 1.36. The van der Waals surface area contributed by atoms with Crippen molar-refractivity contribution in [3.8, 4) is 6.07 Å². The van der Waals surface area contributed by atoms with E-state index in [1.165, 1.54) is 11.8 Å². The summed E-state index contributed by atoms with van der Waals surface area (Å²) in [6, 6.07) is 1.85. The minimum atomic E-state index is -0.970. The van der Waals surface area contributed by atoms with Crippen LogP contribution in [0.5, 0.6) is 0 Å². The third kappa shape index (κ3) is 6.52. The molecule has 1 heterocycles. The van der Waals surface area contributed by atoms with Crippen molar-refractivity contribution < 1.29 is 14.7 Å². The summed E-state index contributed by atoms with van der Waals surface area (Å²) in [4.78, 5) is 40.4. The lowest BCUT2D eigenvalue weighted by Crippen LogP contribution is -2.26. The highest BCUT2D eigenvalue weighted by Gasteiger charge is 2.11. The molecule has 0 saturated carbocycles. The van der Waals surface area contributed by atoms with E-state index in [-0.39, 0.29) is 30.9 Å². The maximum atomic E-state index is 11.8. The van der Waals surface area contributed by atoms with Crippen LogP contribution in [-0.2, 0) is 16.0 Å². The number of hydrogen-bond acceptors (Lipinski definition) is 6. The van der Waals surface area contributed by atoms with Gasteiger partial charge in [-0.1, -0.05) is 25.1 Å². The highest BCUT2D eigenvalue weighted by Crippen LogP contribution is 2.14. The molecular formula is C14H18N4O4S. The fourth-order valence-corrected chi connectivity index (χ4v) is 2.56. The number of carboxylic acid groups (broad SMARTS) is 1. The number of rotatable bonds is 9. The van der Waals surface area contributed by atoms with Crippen molar-refractivity contribution in [1.29, 1.82) is 5.26 Å². The lowest BCUT2D eigenvalue weighted by atomic mass is 10.1. The smallest absolute Gasteiger partial charge is 0.305 e. The van der Waals surface area contributed by atoms with Crippen LogP contribution in [0, 0.1) is 11.3 Å². The standard InChI is InChI=1S/C14H18N4O4S/c1-2-3-10-9(8-15)13(22)18-14(17-10)23-7-5-11(19)16-6-4-12(20)21/h2-7H2,1H3,(H,16,19)(H,20,21)(H,17,18,22). The molecule has 9 heteroatoms. The molecule has 1 aromatic heterocycles. The van der Waals surface area contributed by atoms with Gasteiger partial charge in [-0.15, -0.1) is 0 Å². The van der Waals surface area contributed by atoms with Gasteiger partial charge in [0.15, 0.2) is 5.16 Å². The van der Waals surface area contributed by atoms with E-state index in [0.717, 1.165) is 6.42 Å². The minimum Gasteiger partial charge on any atom is -0.481 e. The van der Waals surface area contributed by atoms with Crippen LogP contribution in [0.2, 0.25) is 0 Å². The van der Waals surface area contributed by atoms with Crippen LogP contribution in [0.4, 0.5) is 0 Å². The maximum Gasteiger partial charge on any atom is 0.305 e. The van der Waals surface area contributed by atoms with Gasteiger partial charge in [0, 0.05) is 18.7 Å². The number of H-pyrrole nitrogens is 1. The second-order valence-electron chi connectivity index (χ2n) is 4.65. The monoisotopic (exact) mass is 338 g/mol. The molecule has 1 amide bonds.